The summed E-state index contributed by atoms with van der Waals surface area (Å²) in [4.78, 5) is 13.2. The lowest BCUT2D eigenvalue weighted by atomic mass is 10.0. The third kappa shape index (κ3) is 7.12. The Kier molecular flexibility index (Phi) is 9.57. The SMILES string of the molecule is C=CCCCN(c1cc2oc(-c3ccc(Oc4ccc(F)cc4)cc3)c(C(=O)OCC)c2cc1OC(C)C)S(C)(=O)=O. The second-order valence-electron chi connectivity index (χ2n) is 9.86. The van der Waals surface area contributed by atoms with E-state index < -0.39 is 16.0 Å². The number of unbranched alkanes of at least 4 members (excludes halogenated alkanes) is 1. The predicted molar refractivity (Wildman–Crippen MR) is 161 cm³/mol. The zero-order valence-electron chi connectivity index (χ0n) is 24.1. The number of halogens is 1. The van der Waals surface area contributed by atoms with Crippen LogP contribution in [0.2, 0.25) is 0 Å². The largest absolute Gasteiger partial charge is 0.489 e. The summed E-state index contributed by atoms with van der Waals surface area (Å²) in [6, 6.07) is 15.7. The predicted octanol–water partition coefficient (Wildman–Crippen LogP) is 7.73. The molecule has 0 aliphatic rings. The maximum absolute atomic E-state index is 13.2. The number of ether oxygens (including phenoxy) is 3. The molecule has 0 spiro atoms. The van der Waals surface area contributed by atoms with Crippen molar-refractivity contribution >= 4 is 32.6 Å². The van der Waals surface area contributed by atoms with Crippen LogP contribution in [0.25, 0.3) is 22.3 Å². The van der Waals surface area contributed by atoms with E-state index in [1.807, 2.05) is 13.8 Å². The van der Waals surface area contributed by atoms with E-state index in [-0.39, 0.29) is 36.4 Å². The van der Waals surface area contributed by atoms with Crippen molar-refractivity contribution in [3.63, 3.8) is 0 Å². The van der Waals surface area contributed by atoms with E-state index in [0.29, 0.717) is 52.3 Å². The van der Waals surface area contributed by atoms with E-state index in [4.69, 9.17) is 18.6 Å². The Bertz CT molecular complexity index is 1660. The van der Waals surface area contributed by atoms with Gasteiger partial charge in [0.05, 0.1) is 24.7 Å². The van der Waals surface area contributed by atoms with Gasteiger partial charge in [0.25, 0.3) is 0 Å². The summed E-state index contributed by atoms with van der Waals surface area (Å²) in [5.41, 5.74) is 1.36. The van der Waals surface area contributed by atoms with Crippen LogP contribution >= 0.6 is 0 Å². The first kappa shape index (κ1) is 30.6. The highest BCUT2D eigenvalue weighted by Gasteiger charge is 2.28. The van der Waals surface area contributed by atoms with Gasteiger partial charge in [0, 0.05) is 23.6 Å². The Morgan fingerprint density at radius 1 is 1.07 bits per heavy atom. The second-order valence-corrected chi connectivity index (χ2v) is 11.8. The molecule has 0 aliphatic heterocycles. The molecular formula is C32H34FNO7S. The maximum Gasteiger partial charge on any atom is 0.342 e. The zero-order valence-corrected chi connectivity index (χ0v) is 24.9. The Morgan fingerprint density at radius 2 is 1.71 bits per heavy atom. The van der Waals surface area contributed by atoms with Gasteiger partial charge in [0.15, 0.2) is 0 Å². The van der Waals surface area contributed by atoms with Gasteiger partial charge in [-0.1, -0.05) is 6.08 Å². The third-order valence-electron chi connectivity index (χ3n) is 6.22. The Labute approximate surface area is 245 Å². The number of furan rings is 1. The summed E-state index contributed by atoms with van der Waals surface area (Å²) in [5, 5.41) is 0.425. The number of carbonyl (C=O) groups is 1. The number of anilines is 1. The molecule has 42 heavy (non-hydrogen) atoms. The van der Waals surface area contributed by atoms with Crippen molar-refractivity contribution < 1.29 is 36.2 Å². The highest BCUT2D eigenvalue weighted by atomic mass is 32.2. The molecule has 0 amide bonds. The molecule has 0 saturated carbocycles. The van der Waals surface area contributed by atoms with Gasteiger partial charge in [0.1, 0.15) is 40.0 Å². The molecule has 0 bridgehead atoms. The summed E-state index contributed by atoms with van der Waals surface area (Å²) in [6.45, 7) is 9.45. The summed E-state index contributed by atoms with van der Waals surface area (Å²) in [7, 11) is -3.69. The number of nitrogens with zero attached hydrogens (tertiary/aromatic N) is 1. The van der Waals surface area contributed by atoms with Crippen molar-refractivity contribution in [1.82, 2.24) is 0 Å². The Morgan fingerprint density at radius 3 is 2.29 bits per heavy atom. The maximum atomic E-state index is 13.2. The molecule has 1 aromatic heterocycles. The Hall–Kier alpha value is -4.31. The van der Waals surface area contributed by atoms with Crippen molar-refractivity contribution in [3.8, 4) is 28.6 Å². The number of rotatable bonds is 13. The summed E-state index contributed by atoms with van der Waals surface area (Å²) < 4.78 is 63.8. The lowest BCUT2D eigenvalue weighted by Gasteiger charge is -2.25. The number of allylic oxidation sites excluding steroid dienone is 1. The first-order valence-corrected chi connectivity index (χ1v) is 15.4. The summed E-state index contributed by atoms with van der Waals surface area (Å²) in [6.07, 6.45) is 3.78. The average Bonchev–Trinajstić information content (AvgIpc) is 3.30. The standard InChI is InChI=1S/C32H34FNO7S/c1-6-8-9-18-34(42(5,36)37)27-20-28-26(19-29(27)39-21(3)4)30(32(35)38-7-2)31(41-28)22-10-14-24(15-11-22)40-25-16-12-23(33)13-17-25/h6,10-17,19-21H,1,7-9,18H2,2-5H3. The molecule has 222 valence electrons. The number of sulfonamides is 1. The van der Waals surface area contributed by atoms with Gasteiger partial charge < -0.3 is 18.6 Å². The molecule has 0 saturated heterocycles. The number of carbonyl (C=O) groups excluding carboxylic acids is 1. The van der Waals surface area contributed by atoms with Crippen molar-refractivity contribution in [2.45, 2.75) is 39.7 Å². The van der Waals surface area contributed by atoms with Crippen LogP contribution in [0, 0.1) is 5.82 Å². The number of fused-ring (bicyclic) bond motifs is 1. The molecule has 0 radical (unpaired) electrons. The van der Waals surface area contributed by atoms with Gasteiger partial charge >= 0.3 is 5.97 Å². The van der Waals surface area contributed by atoms with Crippen molar-refractivity contribution in [1.29, 1.82) is 0 Å². The Balaban J connectivity index is 1.84. The minimum atomic E-state index is -3.69. The molecule has 10 heteroatoms. The average molecular weight is 596 g/mol. The van der Waals surface area contributed by atoms with E-state index in [2.05, 4.69) is 6.58 Å². The van der Waals surface area contributed by atoms with Crippen LogP contribution in [-0.4, -0.2) is 39.9 Å². The van der Waals surface area contributed by atoms with E-state index in [1.54, 1.807) is 49.4 Å². The molecule has 1 heterocycles. The number of hydrogen-bond acceptors (Lipinski definition) is 7. The van der Waals surface area contributed by atoms with Crippen LogP contribution in [0.4, 0.5) is 10.1 Å². The normalized spacial score (nSPS) is 11.5. The second kappa shape index (κ2) is 13.1. The smallest absolute Gasteiger partial charge is 0.342 e. The molecule has 4 aromatic rings. The van der Waals surface area contributed by atoms with E-state index in [9.17, 15) is 17.6 Å². The van der Waals surface area contributed by atoms with Gasteiger partial charge in [-0.05, 0) is 88.2 Å². The fraction of sp³-hybridized carbons (Fsp3) is 0.281. The van der Waals surface area contributed by atoms with Crippen LogP contribution < -0.4 is 13.8 Å². The molecule has 0 N–H and O–H groups in total. The zero-order chi connectivity index (χ0) is 30.4. The number of esters is 1. The minimum absolute atomic E-state index is 0.147. The van der Waals surface area contributed by atoms with Crippen molar-refractivity contribution in [2.75, 3.05) is 23.7 Å². The molecule has 0 atom stereocenters. The molecular weight excluding hydrogens is 561 g/mol. The molecule has 0 aliphatic carbocycles. The summed E-state index contributed by atoms with van der Waals surface area (Å²) >= 11 is 0. The fourth-order valence-electron chi connectivity index (χ4n) is 4.42. The number of benzene rings is 3. The van der Waals surface area contributed by atoms with Gasteiger partial charge in [-0.3, -0.25) is 4.31 Å². The van der Waals surface area contributed by atoms with Gasteiger partial charge in [0.2, 0.25) is 10.0 Å². The molecule has 4 rings (SSSR count). The third-order valence-corrected chi connectivity index (χ3v) is 7.40. The lowest BCUT2D eigenvalue weighted by Crippen LogP contribution is -2.31. The van der Waals surface area contributed by atoms with Crippen LogP contribution in [0.5, 0.6) is 17.2 Å². The van der Waals surface area contributed by atoms with Gasteiger partial charge in [-0.25, -0.2) is 17.6 Å². The topological polar surface area (TPSA) is 95.3 Å². The van der Waals surface area contributed by atoms with Crippen LogP contribution in [0.1, 0.15) is 44.0 Å². The first-order valence-electron chi connectivity index (χ1n) is 13.6. The molecule has 0 unspecified atom stereocenters. The fourth-order valence-corrected chi connectivity index (χ4v) is 5.38. The highest BCUT2D eigenvalue weighted by Crippen LogP contribution is 2.42. The number of hydrogen-bond donors (Lipinski definition) is 0. The first-order chi connectivity index (χ1) is 20.0. The minimum Gasteiger partial charge on any atom is -0.489 e. The van der Waals surface area contributed by atoms with Gasteiger partial charge in [-0.2, -0.15) is 0 Å². The van der Waals surface area contributed by atoms with Crippen LogP contribution in [0.15, 0.2) is 77.7 Å². The quantitative estimate of drug-likeness (QED) is 0.0887. The van der Waals surface area contributed by atoms with E-state index in [1.165, 1.54) is 28.6 Å². The summed E-state index contributed by atoms with van der Waals surface area (Å²) in [5.74, 6) is 0.554. The molecule has 0 fully saturated rings. The monoisotopic (exact) mass is 595 g/mol. The van der Waals surface area contributed by atoms with Gasteiger partial charge in [-0.15, -0.1) is 6.58 Å². The van der Waals surface area contributed by atoms with Crippen LogP contribution in [0.3, 0.4) is 0 Å². The van der Waals surface area contributed by atoms with Crippen molar-refractivity contribution in [3.05, 3.63) is 84.7 Å². The van der Waals surface area contributed by atoms with Crippen LogP contribution in [-0.2, 0) is 14.8 Å². The van der Waals surface area contributed by atoms with E-state index in [0.717, 1.165) is 6.26 Å². The highest BCUT2D eigenvalue weighted by molar-refractivity contribution is 7.92. The van der Waals surface area contributed by atoms with E-state index >= 15 is 0 Å². The van der Waals surface area contributed by atoms with Crippen molar-refractivity contribution in [2.24, 2.45) is 0 Å². The lowest BCUT2D eigenvalue weighted by molar-refractivity contribution is 0.0528. The molecule has 3 aromatic carbocycles. The molecule has 8 nitrogen and oxygen atoms in total.